The zero-order valence-electron chi connectivity index (χ0n) is 15.2. The summed E-state index contributed by atoms with van der Waals surface area (Å²) >= 11 is 0. The van der Waals surface area contributed by atoms with Crippen molar-refractivity contribution in [2.75, 3.05) is 39.4 Å². The molecule has 2 saturated heterocycles. The Bertz CT molecular complexity index is 737. The molecule has 27 heavy (non-hydrogen) atoms. The molecule has 1 aromatic carbocycles. The van der Waals surface area contributed by atoms with Gasteiger partial charge in [0.15, 0.2) is 12.4 Å². The van der Waals surface area contributed by atoms with Crippen LogP contribution in [0, 0.1) is 0 Å². The maximum absolute atomic E-state index is 12.3. The fraction of sp³-hybridized carbons (Fsp3) is 0.526. The normalized spacial score (nSPS) is 20.7. The number of rotatable bonds is 6. The summed E-state index contributed by atoms with van der Waals surface area (Å²) < 4.78 is 16.4. The third kappa shape index (κ3) is 4.64. The van der Waals surface area contributed by atoms with Crippen LogP contribution in [0.4, 0.5) is 0 Å². The van der Waals surface area contributed by atoms with E-state index in [-0.39, 0.29) is 18.6 Å². The maximum Gasteiger partial charge on any atom is 0.260 e. The van der Waals surface area contributed by atoms with Crippen LogP contribution in [0.1, 0.15) is 30.7 Å². The number of hydrogen-bond donors (Lipinski definition) is 0. The topological polar surface area (TPSA) is 80.9 Å². The van der Waals surface area contributed by atoms with Gasteiger partial charge in [-0.3, -0.25) is 9.69 Å². The van der Waals surface area contributed by atoms with Crippen LogP contribution in [-0.2, 0) is 16.1 Å². The third-order valence-electron chi connectivity index (χ3n) is 4.88. The van der Waals surface area contributed by atoms with E-state index < -0.39 is 0 Å². The molecule has 1 amide bonds. The van der Waals surface area contributed by atoms with Gasteiger partial charge in [0, 0.05) is 32.8 Å². The minimum Gasteiger partial charge on any atom is -0.484 e. The molecule has 2 aliphatic rings. The van der Waals surface area contributed by atoms with Gasteiger partial charge in [-0.25, -0.2) is 0 Å². The van der Waals surface area contributed by atoms with Crippen LogP contribution in [0.2, 0.25) is 0 Å². The summed E-state index contributed by atoms with van der Waals surface area (Å²) in [6.07, 6.45) is 1.92. The van der Waals surface area contributed by atoms with E-state index in [1.165, 1.54) is 0 Å². The molecule has 4 rings (SSSR count). The first-order chi connectivity index (χ1) is 13.3. The monoisotopic (exact) mass is 372 g/mol. The summed E-state index contributed by atoms with van der Waals surface area (Å²) in [6.45, 7) is 4.35. The molecule has 144 valence electrons. The summed E-state index contributed by atoms with van der Waals surface area (Å²) in [4.78, 5) is 20.8. The van der Waals surface area contributed by atoms with E-state index >= 15 is 0 Å². The van der Waals surface area contributed by atoms with E-state index in [2.05, 4.69) is 15.0 Å². The Morgan fingerprint density at radius 3 is 2.74 bits per heavy atom. The number of ether oxygens (including phenoxy) is 2. The third-order valence-corrected chi connectivity index (χ3v) is 4.88. The van der Waals surface area contributed by atoms with Crippen molar-refractivity contribution < 1.29 is 18.8 Å². The molecule has 2 aliphatic heterocycles. The quantitative estimate of drug-likeness (QED) is 0.762. The molecule has 8 nitrogen and oxygen atoms in total. The second-order valence-electron chi connectivity index (χ2n) is 6.81. The van der Waals surface area contributed by atoms with Crippen LogP contribution in [0.25, 0.3) is 0 Å². The average Bonchev–Trinajstić information content (AvgIpc) is 3.39. The van der Waals surface area contributed by atoms with Crippen molar-refractivity contribution in [3.05, 3.63) is 42.0 Å². The fourth-order valence-corrected chi connectivity index (χ4v) is 3.34. The van der Waals surface area contributed by atoms with Crippen LogP contribution in [0.5, 0.6) is 5.75 Å². The van der Waals surface area contributed by atoms with Gasteiger partial charge in [0.25, 0.3) is 11.8 Å². The highest BCUT2D eigenvalue weighted by atomic mass is 16.5. The lowest BCUT2D eigenvalue weighted by molar-refractivity contribution is -0.135. The lowest BCUT2D eigenvalue weighted by Crippen LogP contribution is -2.49. The molecule has 8 heteroatoms. The van der Waals surface area contributed by atoms with Gasteiger partial charge >= 0.3 is 0 Å². The van der Waals surface area contributed by atoms with Gasteiger partial charge in [-0.15, -0.1) is 0 Å². The molecule has 0 bridgehead atoms. The summed E-state index contributed by atoms with van der Waals surface area (Å²) in [5.41, 5.74) is 0. The smallest absolute Gasteiger partial charge is 0.260 e. The fourth-order valence-electron chi connectivity index (χ4n) is 3.34. The Morgan fingerprint density at radius 1 is 1.19 bits per heavy atom. The number of benzene rings is 1. The number of hydrogen-bond acceptors (Lipinski definition) is 7. The highest BCUT2D eigenvalue weighted by Crippen LogP contribution is 2.27. The van der Waals surface area contributed by atoms with Crippen LogP contribution < -0.4 is 4.74 Å². The van der Waals surface area contributed by atoms with E-state index in [1.807, 2.05) is 35.2 Å². The van der Waals surface area contributed by atoms with Gasteiger partial charge in [0.05, 0.1) is 6.54 Å². The highest BCUT2D eigenvalue weighted by Gasteiger charge is 2.26. The number of para-hydroxylation sites is 1. The predicted octanol–water partition coefficient (Wildman–Crippen LogP) is 1.64. The SMILES string of the molecule is O=C(COc1ccccc1)N1CCN(Cc2noc(C3CCCO3)n2)CC1. The Kier molecular flexibility index (Phi) is 5.64. The molecule has 1 unspecified atom stereocenters. The molecule has 0 aliphatic carbocycles. The molecule has 0 saturated carbocycles. The molecule has 2 aromatic rings. The van der Waals surface area contributed by atoms with Gasteiger partial charge in [-0.05, 0) is 25.0 Å². The van der Waals surface area contributed by atoms with Crippen molar-refractivity contribution in [2.24, 2.45) is 0 Å². The van der Waals surface area contributed by atoms with E-state index in [0.29, 0.717) is 37.1 Å². The molecule has 3 heterocycles. The first kappa shape index (κ1) is 17.9. The molecule has 0 spiro atoms. The Morgan fingerprint density at radius 2 is 2.00 bits per heavy atom. The first-order valence-electron chi connectivity index (χ1n) is 9.40. The Balaban J connectivity index is 1.21. The summed E-state index contributed by atoms with van der Waals surface area (Å²) in [5, 5.41) is 4.06. The average molecular weight is 372 g/mol. The second-order valence-corrected chi connectivity index (χ2v) is 6.81. The summed E-state index contributed by atoms with van der Waals surface area (Å²) in [7, 11) is 0. The van der Waals surface area contributed by atoms with Crippen molar-refractivity contribution in [3.8, 4) is 5.75 Å². The largest absolute Gasteiger partial charge is 0.484 e. The van der Waals surface area contributed by atoms with Crippen molar-refractivity contribution in [2.45, 2.75) is 25.5 Å². The van der Waals surface area contributed by atoms with E-state index in [4.69, 9.17) is 14.0 Å². The van der Waals surface area contributed by atoms with Crippen LogP contribution >= 0.6 is 0 Å². The molecule has 0 radical (unpaired) electrons. The highest BCUT2D eigenvalue weighted by molar-refractivity contribution is 5.77. The number of aromatic nitrogens is 2. The number of carbonyl (C=O) groups is 1. The Labute approximate surface area is 158 Å². The van der Waals surface area contributed by atoms with Crippen molar-refractivity contribution in [1.29, 1.82) is 0 Å². The van der Waals surface area contributed by atoms with Crippen molar-refractivity contribution in [1.82, 2.24) is 19.9 Å². The van der Waals surface area contributed by atoms with Gasteiger partial charge in [0.2, 0.25) is 0 Å². The van der Waals surface area contributed by atoms with Crippen LogP contribution in [0.3, 0.4) is 0 Å². The van der Waals surface area contributed by atoms with E-state index in [9.17, 15) is 4.79 Å². The minimum atomic E-state index is -0.0506. The lowest BCUT2D eigenvalue weighted by atomic mass is 10.2. The van der Waals surface area contributed by atoms with Gasteiger partial charge < -0.3 is 18.9 Å². The summed E-state index contributed by atoms with van der Waals surface area (Å²) in [6, 6.07) is 9.39. The lowest BCUT2D eigenvalue weighted by Gasteiger charge is -2.34. The van der Waals surface area contributed by atoms with Gasteiger partial charge in [-0.1, -0.05) is 23.4 Å². The number of nitrogens with zero attached hydrogens (tertiary/aromatic N) is 4. The summed E-state index contributed by atoms with van der Waals surface area (Å²) in [5.74, 6) is 1.98. The van der Waals surface area contributed by atoms with Gasteiger partial charge in [0.1, 0.15) is 11.9 Å². The number of piperazine rings is 1. The molecule has 0 N–H and O–H groups in total. The van der Waals surface area contributed by atoms with Crippen molar-refractivity contribution in [3.63, 3.8) is 0 Å². The maximum atomic E-state index is 12.3. The predicted molar refractivity (Wildman–Crippen MR) is 96.0 cm³/mol. The zero-order chi connectivity index (χ0) is 18.5. The number of carbonyl (C=O) groups excluding carboxylic acids is 1. The Hall–Kier alpha value is -2.45. The van der Waals surface area contributed by atoms with Crippen molar-refractivity contribution >= 4 is 5.91 Å². The minimum absolute atomic E-state index is 0.0127. The van der Waals surface area contributed by atoms with Crippen LogP contribution in [-0.4, -0.2) is 65.2 Å². The van der Waals surface area contributed by atoms with Crippen LogP contribution in [0.15, 0.2) is 34.9 Å². The molecule has 2 fully saturated rings. The van der Waals surface area contributed by atoms with Gasteiger partial charge in [-0.2, -0.15) is 4.98 Å². The zero-order valence-corrected chi connectivity index (χ0v) is 15.2. The first-order valence-corrected chi connectivity index (χ1v) is 9.40. The standard InChI is InChI=1S/C19H24N4O4/c24-18(14-26-15-5-2-1-3-6-15)23-10-8-22(9-11-23)13-17-20-19(27-21-17)16-7-4-12-25-16/h1-3,5-6,16H,4,7-14H2. The van der Waals surface area contributed by atoms with E-state index in [1.54, 1.807) is 0 Å². The number of amides is 1. The molecular weight excluding hydrogens is 348 g/mol. The molecular formula is C19H24N4O4. The molecule has 1 atom stereocenters. The molecule has 1 aromatic heterocycles. The van der Waals surface area contributed by atoms with E-state index in [0.717, 1.165) is 32.5 Å². The second kappa shape index (κ2) is 8.49.